The minimum absolute atomic E-state index is 0.172. The van der Waals surface area contributed by atoms with Crippen molar-refractivity contribution in [1.29, 1.82) is 0 Å². The monoisotopic (exact) mass is 369 g/mol. The molecule has 1 N–H and O–H groups in total. The molecule has 1 aliphatic rings. The van der Waals surface area contributed by atoms with Crippen LogP contribution in [0.3, 0.4) is 0 Å². The molecule has 0 saturated carbocycles. The number of anilines is 1. The van der Waals surface area contributed by atoms with Gasteiger partial charge in [0.05, 0.1) is 32.2 Å². The zero-order valence-corrected chi connectivity index (χ0v) is 15.6. The zero-order valence-electron chi connectivity index (χ0n) is 15.6. The Bertz CT molecular complexity index is 823. The quantitative estimate of drug-likeness (QED) is 0.847. The van der Waals surface area contributed by atoms with Gasteiger partial charge in [-0.25, -0.2) is 4.79 Å². The maximum atomic E-state index is 12.5. The normalized spacial score (nSPS) is 15.5. The zero-order chi connectivity index (χ0) is 19.2. The Morgan fingerprint density at radius 1 is 1.22 bits per heavy atom. The summed E-state index contributed by atoms with van der Waals surface area (Å²) in [6, 6.07) is 14.9. The van der Waals surface area contributed by atoms with Gasteiger partial charge in [0, 0.05) is 19.5 Å². The Morgan fingerprint density at radius 2 is 2.00 bits per heavy atom. The molecule has 0 bridgehead atoms. The molecule has 0 fully saturated rings. The average Bonchev–Trinajstić information content (AvgIpc) is 3.17. The van der Waals surface area contributed by atoms with Gasteiger partial charge in [0.25, 0.3) is 0 Å². The lowest BCUT2D eigenvalue weighted by Gasteiger charge is -2.21. The number of ether oxygens (including phenoxy) is 2. The molecule has 3 rings (SSSR count). The Kier molecular flexibility index (Phi) is 5.80. The molecule has 142 valence electrons. The highest BCUT2D eigenvalue weighted by molar-refractivity contribution is 6.01. The second kappa shape index (κ2) is 8.44. The van der Waals surface area contributed by atoms with Gasteiger partial charge in [0.2, 0.25) is 0 Å². The van der Waals surface area contributed by atoms with Crippen LogP contribution in [0.15, 0.2) is 53.7 Å². The van der Waals surface area contributed by atoms with E-state index < -0.39 is 0 Å². The Balaban J connectivity index is 1.56. The van der Waals surface area contributed by atoms with E-state index in [-0.39, 0.29) is 12.1 Å². The smallest absolute Gasteiger partial charge is 0.321 e. The molecule has 1 unspecified atom stereocenters. The van der Waals surface area contributed by atoms with Crippen LogP contribution in [0.2, 0.25) is 0 Å². The van der Waals surface area contributed by atoms with E-state index in [9.17, 15) is 4.79 Å². The molecular weight excluding hydrogens is 346 g/mol. The van der Waals surface area contributed by atoms with Crippen LogP contribution in [-0.2, 0) is 4.84 Å². The van der Waals surface area contributed by atoms with Crippen LogP contribution < -0.4 is 14.8 Å². The van der Waals surface area contributed by atoms with E-state index in [1.807, 2.05) is 30.3 Å². The number of carbonyl (C=O) groups is 1. The fraction of sp³-hybridized carbons (Fsp3) is 0.300. The van der Waals surface area contributed by atoms with Crippen LogP contribution >= 0.6 is 0 Å². The Labute approximate surface area is 158 Å². The highest BCUT2D eigenvalue weighted by Gasteiger charge is 2.25. The lowest BCUT2D eigenvalue weighted by atomic mass is 10.1. The van der Waals surface area contributed by atoms with Gasteiger partial charge in [0.1, 0.15) is 11.5 Å². The molecule has 7 nitrogen and oxygen atoms in total. The van der Waals surface area contributed by atoms with Crippen molar-refractivity contribution in [2.24, 2.45) is 5.16 Å². The number of nitrogens with zero attached hydrogens (tertiary/aromatic N) is 2. The Morgan fingerprint density at radius 3 is 2.70 bits per heavy atom. The van der Waals surface area contributed by atoms with Crippen LogP contribution in [0.4, 0.5) is 10.5 Å². The molecule has 1 atom stereocenters. The lowest BCUT2D eigenvalue weighted by Crippen LogP contribution is -2.37. The SMILES string of the molecule is COc1ccc(NC(=O)N(C)CC2CC(c3ccccc3)=NO2)c(OC)c1. The molecule has 1 aliphatic heterocycles. The van der Waals surface area contributed by atoms with Crippen LogP contribution in [0.1, 0.15) is 12.0 Å². The summed E-state index contributed by atoms with van der Waals surface area (Å²) in [5, 5.41) is 7.00. The summed E-state index contributed by atoms with van der Waals surface area (Å²) in [6.45, 7) is 0.421. The number of nitrogens with one attached hydrogen (secondary N) is 1. The molecular formula is C20H23N3O4. The molecule has 1 heterocycles. The van der Waals surface area contributed by atoms with Crippen molar-refractivity contribution < 1.29 is 19.1 Å². The highest BCUT2D eigenvalue weighted by atomic mass is 16.6. The number of hydrogen-bond donors (Lipinski definition) is 1. The minimum Gasteiger partial charge on any atom is -0.497 e. The van der Waals surface area contributed by atoms with E-state index in [4.69, 9.17) is 14.3 Å². The van der Waals surface area contributed by atoms with E-state index in [2.05, 4.69) is 10.5 Å². The fourth-order valence-corrected chi connectivity index (χ4v) is 2.83. The first-order chi connectivity index (χ1) is 13.1. The fourth-order valence-electron chi connectivity index (χ4n) is 2.83. The number of amides is 2. The molecule has 2 amide bonds. The first-order valence-corrected chi connectivity index (χ1v) is 8.63. The van der Waals surface area contributed by atoms with Crippen LogP contribution in [0.25, 0.3) is 0 Å². The van der Waals surface area contributed by atoms with Gasteiger partial charge in [-0.1, -0.05) is 35.5 Å². The number of likely N-dealkylation sites (N-methyl/N-ethyl adjacent to an activating group) is 1. The molecule has 2 aromatic rings. The summed E-state index contributed by atoms with van der Waals surface area (Å²) in [7, 11) is 4.84. The van der Waals surface area contributed by atoms with Crippen molar-refractivity contribution in [2.75, 3.05) is 33.1 Å². The number of benzene rings is 2. The molecule has 0 aliphatic carbocycles. The standard InChI is InChI=1S/C20H23N3O4/c1-23(13-16-11-18(22-27-16)14-7-5-4-6-8-14)20(24)21-17-10-9-15(25-2)12-19(17)26-3/h4-10,12,16H,11,13H2,1-3H3,(H,21,24). The van der Waals surface area contributed by atoms with Crippen LogP contribution in [0, 0.1) is 0 Å². The van der Waals surface area contributed by atoms with Crippen molar-refractivity contribution in [2.45, 2.75) is 12.5 Å². The summed E-state index contributed by atoms with van der Waals surface area (Å²) >= 11 is 0. The second-order valence-corrected chi connectivity index (χ2v) is 6.21. The highest BCUT2D eigenvalue weighted by Crippen LogP contribution is 2.29. The van der Waals surface area contributed by atoms with Gasteiger partial charge >= 0.3 is 6.03 Å². The second-order valence-electron chi connectivity index (χ2n) is 6.21. The van der Waals surface area contributed by atoms with Gasteiger partial charge in [-0.15, -0.1) is 0 Å². The molecule has 2 aromatic carbocycles. The summed E-state index contributed by atoms with van der Waals surface area (Å²) in [6.07, 6.45) is 0.488. The third-order valence-electron chi connectivity index (χ3n) is 4.31. The van der Waals surface area contributed by atoms with Gasteiger partial charge < -0.3 is 24.5 Å². The molecule has 0 aromatic heterocycles. The largest absolute Gasteiger partial charge is 0.497 e. The van der Waals surface area contributed by atoms with E-state index in [0.29, 0.717) is 30.2 Å². The lowest BCUT2D eigenvalue weighted by molar-refractivity contribution is 0.0672. The number of oxime groups is 1. The van der Waals surface area contributed by atoms with E-state index in [1.54, 1.807) is 44.4 Å². The van der Waals surface area contributed by atoms with E-state index >= 15 is 0 Å². The first-order valence-electron chi connectivity index (χ1n) is 8.63. The van der Waals surface area contributed by atoms with Crippen molar-refractivity contribution >= 4 is 17.4 Å². The topological polar surface area (TPSA) is 72.4 Å². The molecule has 0 saturated heterocycles. The predicted octanol–water partition coefficient (Wildman–Crippen LogP) is 3.36. The maximum Gasteiger partial charge on any atom is 0.321 e. The predicted molar refractivity (Wildman–Crippen MR) is 104 cm³/mol. The Hall–Kier alpha value is -3.22. The minimum atomic E-state index is -0.254. The third kappa shape index (κ3) is 4.49. The average molecular weight is 369 g/mol. The maximum absolute atomic E-state index is 12.5. The van der Waals surface area contributed by atoms with Gasteiger partial charge in [0.15, 0.2) is 6.10 Å². The van der Waals surface area contributed by atoms with Gasteiger partial charge in [-0.05, 0) is 17.7 Å². The number of urea groups is 1. The number of methoxy groups -OCH3 is 2. The summed E-state index contributed by atoms with van der Waals surface area (Å²) in [4.78, 5) is 19.6. The first kappa shape index (κ1) is 18.6. The van der Waals surface area contributed by atoms with Crippen LogP contribution in [-0.4, -0.2) is 50.6 Å². The summed E-state index contributed by atoms with van der Waals surface area (Å²) < 4.78 is 10.5. The molecule has 27 heavy (non-hydrogen) atoms. The molecule has 0 spiro atoms. The number of hydrogen-bond acceptors (Lipinski definition) is 5. The third-order valence-corrected chi connectivity index (χ3v) is 4.31. The number of carbonyl (C=O) groups excluding carboxylic acids is 1. The van der Waals surface area contributed by atoms with E-state index in [1.165, 1.54) is 0 Å². The molecule has 0 radical (unpaired) electrons. The van der Waals surface area contributed by atoms with Crippen molar-refractivity contribution in [3.8, 4) is 11.5 Å². The van der Waals surface area contributed by atoms with Gasteiger partial charge in [-0.2, -0.15) is 0 Å². The van der Waals surface area contributed by atoms with Gasteiger partial charge in [-0.3, -0.25) is 0 Å². The number of rotatable bonds is 6. The van der Waals surface area contributed by atoms with Crippen LogP contribution in [0.5, 0.6) is 11.5 Å². The van der Waals surface area contributed by atoms with E-state index in [0.717, 1.165) is 11.3 Å². The van der Waals surface area contributed by atoms with Crippen molar-refractivity contribution in [3.63, 3.8) is 0 Å². The molecule has 7 heteroatoms. The van der Waals surface area contributed by atoms with Crippen molar-refractivity contribution in [3.05, 3.63) is 54.1 Å². The summed E-state index contributed by atoms with van der Waals surface area (Å²) in [5.74, 6) is 1.19. The van der Waals surface area contributed by atoms with Crippen molar-refractivity contribution in [1.82, 2.24) is 4.90 Å². The summed E-state index contributed by atoms with van der Waals surface area (Å²) in [5.41, 5.74) is 2.50.